The standard InChI is InChI=1S/C12H16N4/c1-8-4-5-9(2)10(6-8)12-14-11(7-13)15-16(12)3/h4-6H,7,13H2,1-3H3. The predicted molar refractivity (Wildman–Crippen MR) is 63.8 cm³/mol. The maximum atomic E-state index is 5.54. The average molecular weight is 216 g/mol. The summed E-state index contributed by atoms with van der Waals surface area (Å²) in [6.07, 6.45) is 0. The third kappa shape index (κ3) is 1.84. The minimum absolute atomic E-state index is 0.374. The Morgan fingerprint density at radius 1 is 1.31 bits per heavy atom. The van der Waals surface area contributed by atoms with Crippen molar-refractivity contribution >= 4 is 0 Å². The summed E-state index contributed by atoms with van der Waals surface area (Å²) in [7, 11) is 1.89. The largest absolute Gasteiger partial charge is 0.324 e. The van der Waals surface area contributed by atoms with Crippen molar-refractivity contribution in [2.45, 2.75) is 20.4 Å². The van der Waals surface area contributed by atoms with E-state index in [1.54, 1.807) is 4.68 Å². The fourth-order valence-corrected chi connectivity index (χ4v) is 1.74. The van der Waals surface area contributed by atoms with E-state index in [-0.39, 0.29) is 0 Å². The maximum Gasteiger partial charge on any atom is 0.164 e. The molecule has 0 aliphatic heterocycles. The molecule has 4 nitrogen and oxygen atoms in total. The Labute approximate surface area is 95.1 Å². The Kier molecular flexibility index (Phi) is 2.75. The first-order valence-corrected chi connectivity index (χ1v) is 5.29. The smallest absolute Gasteiger partial charge is 0.164 e. The fourth-order valence-electron chi connectivity index (χ4n) is 1.74. The molecule has 0 fully saturated rings. The Balaban J connectivity index is 2.57. The van der Waals surface area contributed by atoms with Crippen LogP contribution in [0.1, 0.15) is 17.0 Å². The van der Waals surface area contributed by atoms with Crippen LogP contribution in [-0.2, 0) is 13.6 Å². The number of benzene rings is 1. The van der Waals surface area contributed by atoms with E-state index in [4.69, 9.17) is 5.73 Å². The maximum absolute atomic E-state index is 5.54. The van der Waals surface area contributed by atoms with Crippen LogP contribution in [0.15, 0.2) is 18.2 Å². The second-order valence-electron chi connectivity index (χ2n) is 4.00. The van der Waals surface area contributed by atoms with Gasteiger partial charge in [-0.3, -0.25) is 0 Å². The second kappa shape index (κ2) is 4.06. The van der Waals surface area contributed by atoms with E-state index in [9.17, 15) is 0 Å². The third-order valence-corrected chi connectivity index (χ3v) is 2.62. The zero-order valence-electron chi connectivity index (χ0n) is 9.86. The van der Waals surface area contributed by atoms with Crippen molar-refractivity contribution in [3.05, 3.63) is 35.2 Å². The van der Waals surface area contributed by atoms with E-state index in [1.165, 1.54) is 11.1 Å². The molecule has 1 aromatic carbocycles. The van der Waals surface area contributed by atoms with Crippen LogP contribution in [0, 0.1) is 13.8 Å². The number of aromatic nitrogens is 3. The number of hydrogen-bond acceptors (Lipinski definition) is 3. The molecule has 84 valence electrons. The molecule has 1 aromatic heterocycles. The van der Waals surface area contributed by atoms with Gasteiger partial charge in [0.2, 0.25) is 0 Å². The zero-order valence-corrected chi connectivity index (χ0v) is 9.86. The summed E-state index contributed by atoms with van der Waals surface area (Å²) in [4.78, 5) is 4.43. The topological polar surface area (TPSA) is 56.7 Å². The average Bonchev–Trinajstić information content (AvgIpc) is 2.63. The lowest BCUT2D eigenvalue weighted by molar-refractivity contribution is 0.748. The molecule has 0 radical (unpaired) electrons. The van der Waals surface area contributed by atoms with Gasteiger partial charge in [-0.25, -0.2) is 9.67 Å². The molecule has 0 aliphatic carbocycles. The molecular weight excluding hydrogens is 200 g/mol. The van der Waals surface area contributed by atoms with Gasteiger partial charge in [-0.2, -0.15) is 5.10 Å². The summed E-state index contributed by atoms with van der Waals surface area (Å²) < 4.78 is 1.78. The van der Waals surface area contributed by atoms with Gasteiger partial charge >= 0.3 is 0 Å². The van der Waals surface area contributed by atoms with Crippen molar-refractivity contribution in [1.82, 2.24) is 14.8 Å². The molecule has 0 atom stereocenters. The SMILES string of the molecule is Cc1ccc(C)c(-c2nc(CN)nn2C)c1. The van der Waals surface area contributed by atoms with Gasteiger partial charge in [0.25, 0.3) is 0 Å². The molecule has 0 spiro atoms. The summed E-state index contributed by atoms with van der Waals surface area (Å²) in [5.74, 6) is 1.56. The van der Waals surface area contributed by atoms with E-state index in [0.29, 0.717) is 12.4 Å². The minimum atomic E-state index is 0.374. The summed E-state index contributed by atoms with van der Waals surface area (Å²) in [5, 5.41) is 4.26. The first kappa shape index (κ1) is 10.8. The molecular formula is C12H16N4. The van der Waals surface area contributed by atoms with E-state index < -0.39 is 0 Å². The Bertz CT molecular complexity index is 514. The van der Waals surface area contributed by atoms with Gasteiger partial charge in [-0.05, 0) is 25.5 Å². The molecule has 16 heavy (non-hydrogen) atoms. The van der Waals surface area contributed by atoms with Gasteiger partial charge in [-0.1, -0.05) is 17.7 Å². The van der Waals surface area contributed by atoms with Crippen LogP contribution in [-0.4, -0.2) is 14.8 Å². The molecule has 0 saturated carbocycles. The highest BCUT2D eigenvalue weighted by molar-refractivity contribution is 5.61. The van der Waals surface area contributed by atoms with Gasteiger partial charge in [0.1, 0.15) is 0 Å². The fraction of sp³-hybridized carbons (Fsp3) is 0.333. The molecule has 0 aliphatic rings. The predicted octanol–water partition coefficient (Wildman–Crippen LogP) is 1.56. The normalized spacial score (nSPS) is 10.8. The van der Waals surface area contributed by atoms with Crippen LogP contribution in [0.3, 0.4) is 0 Å². The van der Waals surface area contributed by atoms with Crippen molar-refractivity contribution in [1.29, 1.82) is 0 Å². The van der Waals surface area contributed by atoms with Crippen molar-refractivity contribution in [2.75, 3.05) is 0 Å². The second-order valence-corrected chi connectivity index (χ2v) is 4.00. The molecule has 0 bridgehead atoms. The summed E-state index contributed by atoms with van der Waals surface area (Å²) in [5.41, 5.74) is 9.08. The zero-order chi connectivity index (χ0) is 11.7. The summed E-state index contributed by atoms with van der Waals surface area (Å²) in [6.45, 7) is 4.52. The number of nitrogens with two attached hydrogens (primary N) is 1. The molecule has 2 N–H and O–H groups in total. The Morgan fingerprint density at radius 2 is 2.06 bits per heavy atom. The van der Waals surface area contributed by atoms with Crippen LogP contribution >= 0.6 is 0 Å². The lowest BCUT2D eigenvalue weighted by Crippen LogP contribution is -1.99. The van der Waals surface area contributed by atoms with Crippen molar-refractivity contribution < 1.29 is 0 Å². The van der Waals surface area contributed by atoms with Gasteiger partial charge in [0.15, 0.2) is 11.6 Å². The molecule has 2 rings (SSSR count). The van der Waals surface area contributed by atoms with Crippen LogP contribution in [0.25, 0.3) is 11.4 Å². The molecule has 0 unspecified atom stereocenters. The van der Waals surface area contributed by atoms with Gasteiger partial charge in [0.05, 0.1) is 6.54 Å². The first-order chi connectivity index (χ1) is 7.61. The van der Waals surface area contributed by atoms with Crippen LogP contribution in [0.2, 0.25) is 0 Å². The molecule has 2 aromatic rings. The number of nitrogens with zero attached hydrogens (tertiary/aromatic N) is 3. The summed E-state index contributed by atoms with van der Waals surface area (Å²) >= 11 is 0. The lowest BCUT2D eigenvalue weighted by atomic mass is 10.1. The Morgan fingerprint density at radius 3 is 2.69 bits per heavy atom. The highest BCUT2D eigenvalue weighted by Crippen LogP contribution is 2.22. The van der Waals surface area contributed by atoms with Crippen molar-refractivity contribution in [2.24, 2.45) is 12.8 Å². The van der Waals surface area contributed by atoms with E-state index in [1.807, 2.05) is 7.05 Å². The lowest BCUT2D eigenvalue weighted by Gasteiger charge is -2.05. The van der Waals surface area contributed by atoms with Gasteiger partial charge in [0, 0.05) is 12.6 Å². The third-order valence-electron chi connectivity index (χ3n) is 2.62. The van der Waals surface area contributed by atoms with Crippen LogP contribution in [0.4, 0.5) is 0 Å². The Hall–Kier alpha value is -1.68. The number of hydrogen-bond donors (Lipinski definition) is 1. The van der Waals surface area contributed by atoms with Crippen LogP contribution < -0.4 is 5.73 Å². The molecule has 0 amide bonds. The van der Waals surface area contributed by atoms with Crippen molar-refractivity contribution in [3.63, 3.8) is 0 Å². The highest BCUT2D eigenvalue weighted by Gasteiger charge is 2.10. The number of aryl methyl sites for hydroxylation is 3. The van der Waals surface area contributed by atoms with Crippen molar-refractivity contribution in [3.8, 4) is 11.4 Å². The van der Waals surface area contributed by atoms with E-state index in [2.05, 4.69) is 42.1 Å². The van der Waals surface area contributed by atoms with Crippen LogP contribution in [0.5, 0.6) is 0 Å². The summed E-state index contributed by atoms with van der Waals surface area (Å²) in [6, 6.07) is 6.32. The highest BCUT2D eigenvalue weighted by atomic mass is 15.3. The minimum Gasteiger partial charge on any atom is -0.324 e. The molecule has 0 saturated heterocycles. The monoisotopic (exact) mass is 216 g/mol. The molecule has 4 heteroatoms. The van der Waals surface area contributed by atoms with E-state index in [0.717, 1.165) is 11.4 Å². The van der Waals surface area contributed by atoms with Gasteiger partial charge in [-0.15, -0.1) is 0 Å². The van der Waals surface area contributed by atoms with Gasteiger partial charge < -0.3 is 5.73 Å². The molecule has 1 heterocycles. The van der Waals surface area contributed by atoms with E-state index >= 15 is 0 Å². The first-order valence-electron chi connectivity index (χ1n) is 5.29. The number of rotatable bonds is 2. The quantitative estimate of drug-likeness (QED) is 0.828.